The Morgan fingerprint density at radius 3 is 2.44 bits per heavy atom. The molecule has 0 heterocycles. The number of halogens is 2. The highest BCUT2D eigenvalue weighted by atomic mass is 19.3. The number of hydrogen-bond acceptors (Lipinski definition) is 2. The molecule has 1 unspecified atom stereocenters. The highest BCUT2D eigenvalue weighted by Gasteiger charge is 2.32. The second-order valence-electron chi connectivity index (χ2n) is 4.93. The fourth-order valence-electron chi connectivity index (χ4n) is 2.12. The monoisotopic (exact) mass is 256 g/mol. The van der Waals surface area contributed by atoms with Crippen molar-refractivity contribution in [2.45, 2.75) is 12.8 Å². The van der Waals surface area contributed by atoms with Gasteiger partial charge in [0.1, 0.15) is 0 Å². The Morgan fingerprint density at radius 1 is 1.28 bits per heavy atom. The third kappa shape index (κ3) is 4.70. The number of hydrogen-bond donors (Lipinski definition) is 1. The normalized spacial score (nSPS) is 13.9. The van der Waals surface area contributed by atoms with E-state index in [0.29, 0.717) is 12.5 Å². The largest absolute Gasteiger partial charge is 0.319 e. The van der Waals surface area contributed by atoms with Crippen molar-refractivity contribution in [3.8, 4) is 0 Å². The van der Waals surface area contributed by atoms with Gasteiger partial charge >= 0.3 is 0 Å². The van der Waals surface area contributed by atoms with Gasteiger partial charge in [-0.3, -0.25) is 4.90 Å². The van der Waals surface area contributed by atoms with E-state index in [1.54, 1.807) is 30.1 Å². The van der Waals surface area contributed by atoms with Crippen LogP contribution in [0, 0.1) is 5.92 Å². The number of benzene rings is 1. The van der Waals surface area contributed by atoms with Gasteiger partial charge in [0.05, 0.1) is 6.54 Å². The molecule has 102 valence electrons. The summed E-state index contributed by atoms with van der Waals surface area (Å²) in [4.78, 5) is 1.69. The van der Waals surface area contributed by atoms with Gasteiger partial charge in [-0.1, -0.05) is 37.3 Å². The number of rotatable bonds is 7. The molecule has 0 amide bonds. The van der Waals surface area contributed by atoms with Crippen LogP contribution < -0.4 is 5.32 Å². The molecule has 0 aliphatic heterocycles. The van der Waals surface area contributed by atoms with E-state index >= 15 is 0 Å². The van der Waals surface area contributed by atoms with Gasteiger partial charge in [-0.25, -0.2) is 0 Å². The minimum absolute atomic E-state index is 0.0816. The molecule has 0 spiro atoms. The van der Waals surface area contributed by atoms with E-state index in [1.807, 2.05) is 14.0 Å². The van der Waals surface area contributed by atoms with Crippen molar-refractivity contribution in [1.29, 1.82) is 0 Å². The van der Waals surface area contributed by atoms with Crippen molar-refractivity contribution in [2.75, 3.05) is 33.7 Å². The maximum atomic E-state index is 14.0. The molecule has 0 fully saturated rings. The zero-order chi connectivity index (χ0) is 13.6. The molecule has 1 aromatic carbocycles. The molecule has 18 heavy (non-hydrogen) atoms. The third-order valence-electron chi connectivity index (χ3n) is 2.84. The van der Waals surface area contributed by atoms with E-state index in [-0.39, 0.29) is 12.1 Å². The SMILES string of the molecule is CNCC(C)CN(C)CC(F)(F)c1ccccc1. The average Bonchev–Trinajstić information content (AvgIpc) is 2.29. The number of alkyl halides is 2. The van der Waals surface area contributed by atoms with Crippen molar-refractivity contribution >= 4 is 0 Å². The summed E-state index contributed by atoms with van der Waals surface area (Å²) in [6, 6.07) is 7.99. The van der Waals surface area contributed by atoms with Crippen LogP contribution >= 0.6 is 0 Å². The Balaban J connectivity index is 2.55. The summed E-state index contributed by atoms with van der Waals surface area (Å²) in [7, 11) is 3.61. The van der Waals surface area contributed by atoms with Crippen molar-refractivity contribution in [3.05, 3.63) is 35.9 Å². The Hall–Kier alpha value is -1.00. The summed E-state index contributed by atoms with van der Waals surface area (Å²) in [6.45, 7) is 3.29. The predicted molar refractivity (Wildman–Crippen MR) is 70.9 cm³/mol. The van der Waals surface area contributed by atoms with Gasteiger partial charge in [-0.2, -0.15) is 8.78 Å². The summed E-state index contributed by atoms with van der Waals surface area (Å²) in [5, 5.41) is 3.05. The predicted octanol–water partition coefficient (Wildman–Crippen LogP) is 2.57. The Bertz CT molecular complexity index is 341. The smallest absolute Gasteiger partial charge is 0.285 e. The summed E-state index contributed by atoms with van der Waals surface area (Å²) >= 11 is 0. The minimum Gasteiger partial charge on any atom is -0.319 e. The van der Waals surface area contributed by atoms with Crippen LogP contribution in [-0.4, -0.2) is 38.6 Å². The van der Waals surface area contributed by atoms with E-state index in [0.717, 1.165) is 6.54 Å². The number of nitrogens with one attached hydrogen (secondary N) is 1. The second-order valence-corrected chi connectivity index (χ2v) is 4.93. The molecule has 0 saturated carbocycles. The molecule has 0 radical (unpaired) electrons. The molecule has 0 aliphatic carbocycles. The zero-order valence-electron chi connectivity index (χ0n) is 11.3. The van der Waals surface area contributed by atoms with Crippen LogP contribution in [0.5, 0.6) is 0 Å². The standard InChI is InChI=1S/C14H22F2N2/c1-12(9-17-2)10-18(3)11-14(15,16)13-7-5-4-6-8-13/h4-8,12,17H,9-11H2,1-3H3. The summed E-state index contributed by atoms with van der Waals surface area (Å²) < 4.78 is 28.0. The molecule has 2 nitrogen and oxygen atoms in total. The molecule has 0 aliphatic rings. The molecule has 0 bridgehead atoms. The summed E-state index contributed by atoms with van der Waals surface area (Å²) in [5.41, 5.74) is 0.0816. The maximum Gasteiger partial charge on any atom is 0.285 e. The fraction of sp³-hybridized carbons (Fsp3) is 0.571. The summed E-state index contributed by atoms with van der Waals surface area (Å²) in [5.74, 6) is -2.44. The van der Waals surface area contributed by atoms with Crippen LogP contribution in [-0.2, 0) is 5.92 Å². The van der Waals surface area contributed by atoms with Crippen LogP contribution in [0.4, 0.5) is 8.78 Å². The number of likely N-dealkylation sites (N-methyl/N-ethyl adjacent to an activating group) is 1. The molecule has 1 N–H and O–H groups in total. The Kier molecular flexibility index (Phi) is 5.69. The molecular weight excluding hydrogens is 234 g/mol. The van der Waals surface area contributed by atoms with Crippen LogP contribution in [0.15, 0.2) is 30.3 Å². The first-order valence-electron chi connectivity index (χ1n) is 6.22. The lowest BCUT2D eigenvalue weighted by atomic mass is 10.1. The quantitative estimate of drug-likeness (QED) is 0.806. The molecule has 1 aromatic rings. The van der Waals surface area contributed by atoms with E-state index in [1.165, 1.54) is 12.1 Å². The van der Waals surface area contributed by atoms with Gasteiger partial charge in [-0.15, -0.1) is 0 Å². The van der Waals surface area contributed by atoms with Crippen molar-refractivity contribution in [2.24, 2.45) is 5.92 Å². The summed E-state index contributed by atoms with van der Waals surface area (Å²) in [6.07, 6.45) is 0. The average molecular weight is 256 g/mol. The van der Waals surface area contributed by atoms with Gasteiger partial charge in [0.2, 0.25) is 0 Å². The van der Waals surface area contributed by atoms with Gasteiger partial charge in [0.15, 0.2) is 0 Å². The van der Waals surface area contributed by atoms with E-state index in [9.17, 15) is 8.78 Å². The lowest BCUT2D eigenvalue weighted by Gasteiger charge is -2.26. The van der Waals surface area contributed by atoms with E-state index in [2.05, 4.69) is 5.32 Å². The topological polar surface area (TPSA) is 15.3 Å². The Morgan fingerprint density at radius 2 is 1.89 bits per heavy atom. The van der Waals surface area contributed by atoms with Crippen LogP contribution in [0.3, 0.4) is 0 Å². The van der Waals surface area contributed by atoms with Gasteiger partial charge in [-0.05, 0) is 26.6 Å². The fourth-order valence-corrected chi connectivity index (χ4v) is 2.12. The zero-order valence-corrected chi connectivity index (χ0v) is 11.3. The van der Waals surface area contributed by atoms with Crippen molar-refractivity contribution in [1.82, 2.24) is 10.2 Å². The van der Waals surface area contributed by atoms with Crippen LogP contribution in [0.2, 0.25) is 0 Å². The van der Waals surface area contributed by atoms with Gasteiger partial charge in [0, 0.05) is 12.1 Å². The Labute approximate surface area is 108 Å². The molecule has 0 saturated heterocycles. The first-order chi connectivity index (χ1) is 8.45. The molecular formula is C14H22F2N2. The van der Waals surface area contributed by atoms with Crippen molar-refractivity contribution in [3.63, 3.8) is 0 Å². The maximum absolute atomic E-state index is 14.0. The highest BCUT2D eigenvalue weighted by Crippen LogP contribution is 2.28. The third-order valence-corrected chi connectivity index (χ3v) is 2.84. The first-order valence-corrected chi connectivity index (χ1v) is 6.22. The molecule has 4 heteroatoms. The number of nitrogens with zero attached hydrogens (tertiary/aromatic N) is 1. The lowest BCUT2D eigenvalue weighted by molar-refractivity contribution is -0.0342. The van der Waals surface area contributed by atoms with E-state index < -0.39 is 5.92 Å². The highest BCUT2D eigenvalue weighted by molar-refractivity contribution is 5.20. The first kappa shape index (κ1) is 15.1. The van der Waals surface area contributed by atoms with Crippen molar-refractivity contribution < 1.29 is 8.78 Å². The minimum atomic E-state index is -2.80. The van der Waals surface area contributed by atoms with Gasteiger partial charge in [0.25, 0.3) is 5.92 Å². The van der Waals surface area contributed by atoms with Crippen LogP contribution in [0.1, 0.15) is 12.5 Å². The molecule has 1 rings (SSSR count). The van der Waals surface area contributed by atoms with E-state index in [4.69, 9.17) is 0 Å². The second kappa shape index (κ2) is 6.81. The van der Waals surface area contributed by atoms with Crippen LogP contribution in [0.25, 0.3) is 0 Å². The molecule has 0 aromatic heterocycles. The van der Waals surface area contributed by atoms with Gasteiger partial charge < -0.3 is 5.32 Å². The lowest BCUT2D eigenvalue weighted by Crippen LogP contribution is -2.37. The molecule has 1 atom stereocenters.